The molecule has 1 aromatic heterocycles. The molecule has 10 heteroatoms. The molecule has 5 rings (SSSR count). The SMILES string of the molecule is COC(=O)c1c(N(C)CCN2CCCC2)cc(-c2ccc3c(c2)ncn3C2CCCCC2)c([N+](=O)[O-])c1N. The van der Waals surface area contributed by atoms with Crippen LogP contribution in [0.1, 0.15) is 61.3 Å². The largest absolute Gasteiger partial charge is 0.465 e. The molecule has 1 saturated carbocycles. The molecule has 2 fully saturated rings. The summed E-state index contributed by atoms with van der Waals surface area (Å²) in [4.78, 5) is 33.5. The highest BCUT2D eigenvalue weighted by atomic mass is 16.6. The van der Waals surface area contributed by atoms with E-state index >= 15 is 0 Å². The monoisotopic (exact) mass is 520 g/mol. The number of methoxy groups -OCH3 is 1. The third-order valence-corrected chi connectivity index (χ3v) is 8.10. The van der Waals surface area contributed by atoms with Crippen LogP contribution in [0.25, 0.3) is 22.2 Å². The summed E-state index contributed by atoms with van der Waals surface area (Å²) in [5.41, 5.74) is 9.22. The summed E-state index contributed by atoms with van der Waals surface area (Å²) >= 11 is 0. The summed E-state index contributed by atoms with van der Waals surface area (Å²) in [5, 5.41) is 12.3. The number of nitrogen functional groups attached to an aromatic ring is 1. The van der Waals surface area contributed by atoms with E-state index in [4.69, 9.17) is 10.5 Å². The van der Waals surface area contributed by atoms with E-state index in [1.54, 1.807) is 6.07 Å². The maximum absolute atomic E-state index is 12.8. The minimum Gasteiger partial charge on any atom is -0.465 e. The van der Waals surface area contributed by atoms with Crippen LogP contribution in [0.2, 0.25) is 0 Å². The molecule has 0 radical (unpaired) electrons. The van der Waals surface area contributed by atoms with Crippen molar-refractivity contribution in [2.45, 2.75) is 51.0 Å². The Hall–Kier alpha value is -3.66. The van der Waals surface area contributed by atoms with Crippen LogP contribution < -0.4 is 10.6 Å². The van der Waals surface area contributed by atoms with Gasteiger partial charge in [-0.2, -0.15) is 0 Å². The number of imidazole rings is 1. The number of ether oxygens (including phenoxy) is 1. The Kier molecular flexibility index (Phi) is 7.51. The lowest BCUT2D eigenvalue weighted by Gasteiger charge is -2.26. The van der Waals surface area contributed by atoms with Crippen molar-refractivity contribution in [2.24, 2.45) is 0 Å². The van der Waals surface area contributed by atoms with Crippen molar-refractivity contribution in [3.05, 3.63) is 46.3 Å². The highest BCUT2D eigenvalue weighted by molar-refractivity contribution is 6.06. The van der Waals surface area contributed by atoms with Crippen LogP contribution in [0.3, 0.4) is 0 Å². The number of aromatic nitrogens is 2. The first-order valence-corrected chi connectivity index (χ1v) is 13.5. The summed E-state index contributed by atoms with van der Waals surface area (Å²) in [6.07, 6.45) is 10.2. The van der Waals surface area contributed by atoms with Crippen LogP contribution in [-0.2, 0) is 4.74 Å². The maximum Gasteiger partial charge on any atom is 0.342 e. The third kappa shape index (κ3) is 4.92. The molecule has 1 saturated heterocycles. The summed E-state index contributed by atoms with van der Waals surface area (Å²) < 4.78 is 7.23. The van der Waals surface area contributed by atoms with E-state index in [9.17, 15) is 14.9 Å². The number of carbonyl (C=O) groups excluding carboxylic acids is 1. The Balaban J connectivity index is 1.58. The Morgan fingerprint density at radius 2 is 1.92 bits per heavy atom. The van der Waals surface area contributed by atoms with Gasteiger partial charge in [0.05, 0.1) is 40.6 Å². The van der Waals surface area contributed by atoms with Crippen LogP contribution in [0, 0.1) is 10.1 Å². The van der Waals surface area contributed by atoms with Gasteiger partial charge in [0.1, 0.15) is 11.3 Å². The number of likely N-dealkylation sites (N-methyl/N-ethyl adjacent to an activating group) is 1. The van der Waals surface area contributed by atoms with Crippen molar-refractivity contribution in [3.8, 4) is 11.1 Å². The molecular weight excluding hydrogens is 484 g/mol. The molecule has 0 amide bonds. The fourth-order valence-corrected chi connectivity index (χ4v) is 5.98. The number of nitrogens with two attached hydrogens (primary N) is 1. The second kappa shape index (κ2) is 11.0. The zero-order valence-electron chi connectivity index (χ0n) is 22.2. The highest BCUT2D eigenvalue weighted by Crippen LogP contribution is 2.43. The number of anilines is 2. The fourth-order valence-electron chi connectivity index (χ4n) is 5.98. The smallest absolute Gasteiger partial charge is 0.342 e. The van der Waals surface area contributed by atoms with Crippen molar-refractivity contribution < 1.29 is 14.5 Å². The number of hydrogen-bond donors (Lipinski definition) is 1. The van der Waals surface area contributed by atoms with Gasteiger partial charge < -0.3 is 24.8 Å². The lowest BCUT2D eigenvalue weighted by atomic mass is 9.95. The van der Waals surface area contributed by atoms with Crippen molar-refractivity contribution in [1.29, 1.82) is 0 Å². The summed E-state index contributed by atoms with van der Waals surface area (Å²) in [7, 11) is 3.13. The van der Waals surface area contributed by atoms with Crippen LogP contribution in [0.4, 0.5) is 17.1 Å². The second-order valence-electron chi connectivity index (χ2n) is 10.4. The van der Waals surface area contributed by atoms with E-state index in [1.807, 2.05) is 36.5 Å². The first kappa shape index (κ1) is 26.0. The van der Waals surface area contributed by atoms with E-state index in [0.717, 1.165) is 43.5 Å². The normalized spacial score (nSPS) is 16.7. The highest BCUT2D eigenvalue weighted by Gasteiger charge is 2.31. The quantitative estimate of drug-likeness (QED) is 0.190. The molecule has 3 aromatic rings. The third-order valence-electron chi connectivity index (χ3n) is 8.10. The number of benzene rings is 2. The van der Waals surface area contributed by atoms with Crippen molar-refractivity contribution in [3.63, 3.8) is 0 Å². The zero-order valence-corrected chi connectivity index (χ0v) is 22.2. The molecule has 0 bridgehead atoms. The molecule has 1 aliphatic heterocycles. The molecule has 38 heavy (non-hydrogen) atoms. The van der Waals surface area contributed by atoms with E-state index in [2.05, 4.69) is 14.5 Å². The van der Waals surface area contributed by atoms with E-state index in [-0.39, 0.29) is 16.9 Å². The number of nitro groups is 1. The minimum atomic E-state index is -0.693. The number of nitrogens with zero attached hydrogens (tertiary/aromatic N) is 5. The average Bonchev–Trinajstić information content (AvgIpc) is 3.60. The topological polar surface area (TPSA) is 120 Å². The van der Waals surface area contributed by atoms with E-state index in [1.165, 1.54) is 39.2 Å². The van der Waals surface area contributed by atoms with Gasteiger partial charge in [-0.3, -0.25) is 10.1 Å². The number of hydrogen-bond acceptors (Lipinski definition) is 8. The Morgan fingerprint density at radius 3 is 2.61 bits per heavy atom. The lowest BCUT2D eigenvalue weighted by molar-refractivity contribution is -0.383. The number of fused-ring (bicyclic) bond motifs is 1. The van der Waals surface area contributed by atoms with Gasteiger partial charge in [0, 0.05) is 26.2 Å². The molecule has 2 aromatic carbocycles. The number of likely N-dealkylation sites (tertiary alicyclic amines) is 1. The summed E-state index contributed by atoms with van der Waals surface area (Å²) in [6.45, 7) is 3.58. The van der Waals surface area contributed by atoms with Gasteiger partial charge in [-0.25, -0.2) is 9.78 Å². The van der Waals surface area contributed by atoms with Gasteiger partial charge in [0.15, 0.2) is 0 Å². The number of rotatable bonds is 8. The predicted molar refractivity (Wildman–Crippen MR) is 149 cm³/mol. The van der Waals surface area contributed by atoms with Gasteiger partial charge in [0.2, 0.25) is 0 Å². The average molecular weight is 521 g/mol. The standard InChI is InChI=1S/C28H36N6O4/c1-31(14-15-32-12-6-7-13-32)24-17-21(27(34(36)37)26(29)25(24)28(35)38-2)19-10-11-23-22(16-19)30-18-33(23)20-8-4-3-5-9-20/h10-11,16-18,20H,3-9,12-15,29H2,1-2H3. The molecule has 202 valence electrons. The molecule has 10 nitrogen and oxygen atoms in total. The number of esters is 1. The first-order valence-electron chi connectivity index (χ1n) is 13.5. The van der Waals surface area contributed by atoms with Gasteiger partial charge in [0.25, 0.3) is 0 Å². The predicted octanol–water partition coefficient (Wildman–Crippen LogP) is 5.02. The molecule has 2 N–H and O–H groups in total. The van der Waals surface area contributed by atoms with Gasteiger partial charge in [-0.05, 0) is 62.5 Å². The Bertz CT molecular complexity index is 1340. The fraction of sp³-hybridized carbons (Fsp3) is 0.500. The molecule has 0 atom stereocenters. The molecule has 2 heterocycles. The molecule has 1 aliphatic carbocycles. The Morgan fingerprint density at radius 1 is 1.18 bits per heavy atom. The molecule has 2 aliphatic rings. The maximum atomic E-state index is 12.8. The van der Waals surface area contributed by atoms with Gasteiger partial charge in [-0.15, -0.1) is 0 Å². The minimum absolute atomic E-state index is 0.0227. The van der Waals surface area contributed by atoms with E-state index < -0.39 is 10.9 Å². The molecule has 0 spiro atoms. The second-order valence-corrected chi connectivity index (χ2v) is 10.4. The number of carbonyl (C=O) groups is 1. The summed E-state index contributed by atoms with van der Waals surface area (Å²) in [6, 6.07) is 7.88. The van der Waals surface area contributed by atoms with Gasteiger partial charge in [-0.1, -0.05) is 25.3 Å². The van der Waals surface area contributed by atoms with E-state index in [0.29, 0.717) is 29.4 Å². The van der Waals surface area contributed by atoms with Crippen LogP contribution in [0.15, 0.2) is 30.6 Å². The zero-order chi connectivity index (χ0) is 26.8. The molecular formula is C28H36N6O4. The first-order chi connectivity index (χ1) is 18.4. The van der Waals surface area contributed by atoms with Crippen molar-refractivity contribution in [2.75, 3.05) is 51.0 Å². The van der Waals surface area contributed by atoms with Crippen LogP contribution in [-0.4, -0.2) is 65.7 Å². The number of nitro benzene ring substituents is 1. The van der Waals surface area contributed by atoms with Gasteiger partial charge >= 0.3 is 11.7 Å². The lowest BCUT2D eigenvalue weighted by Crippen LogP contribution is -2.32. The van der Waals surface area contributed by atoms with Crippen LogP contribution >= 0.6 is 0 Å². The van der Waals surface area contributed by atoms with Crippen LogP contribution in [0.5, 0.6) is 0 Å². The van der Waals surface area contributed by atoms with Crippen molar-refractivity contribution in [1.82, 2.24) is 14.5 Å². The molecule has 0 unspecified atom stereocenters. The Labute approximate surface area is 222 Å². The van der Waals surface area contributed by atoms with Crippen molar-refractivity contribution >= 4 is 34.1 Å². The summed E-state index contributed by atoms with van der Waals surface area (Å²) in [5.74, 6) is -0.693.